The summed E-state index contributed by atoms with van der Waals surface area (Å²) in [5.74, 6) is 1.66. The maximum atomic E-state index is 12.7. The third-order valence-electron chi connectivity index (χ3n) is 4.37. The molecule has 1 aliphatic carbocycles. The lowest BCUT2D eigenvalue weighted by Crippen LogP contribution is -2.19. The number of likely N-dealkylation sites (N-methyl/N-ethyl adjacent to an activating group) is 1. The van der Waals surface area contributed by atoms with Crippen molar-refractivity contribution in [3.05, 3.63) is 65.2 Å². The van der Waals surface area contributed by atoms with Gasteiger partial charge in [0.05, 0.1) is 0 Å². The lowest BCUT2D eigenvalue weighted by atomic mass is 9.96. The summed E-state index contributed by atoms with van der Waals surface area (Å²) >= 11 is 0. The van der Waals surface area contributed by atoms with E-state index in [1.165, 1.54) is 18.4 Å². The van der Waals surface area contributed by atoms with E-state index in [1.54, 1.807) is 0 Å². The molecular weight excluding hydrogens is 298 g/mol. The Hall–Kier alpha value is -2.13. The number of ketones is 1. The van der Waals surface area contributed by atoms with Crippen molar-refractivity contribution in [1.82, 2.24) is 4.90 Å². The van der Waals surface area contributed by atoms with Crippen LogP contribution in [0.3, 0.4) is 0 Å². The van der Waals surface area contributed by atoms with Gasteiger partial charge >= 0.3 is 0 Å². The molecule has 0 amide bonds. The standard InChI is InChI=1S/C21H25NO2/c1-22(2)13-14-24-18-11-7-16(8-12-18)15-21(23)20-6-4-3-5-19(20)17-9-10-17/h3-8,11-12,17H,9-10,13-15H2,1-2H3. The molecule has 0 atom stereocenters. The van der Waals surface area contributed by atoms with Crippen molar-refractivity contribution in [2.75, 3.05) is 27.2 Å². The van der Waals surface area contributed by atoms with Gasteiger partial charge in [0.25, 0.3) is 0 Å². The maximum absolute atomic E-state index is 12.7. The quantitative estimate of drug-likeness (QED) is 0.689. The van der Waals surface area contributed by atoms with Crippen molar-refractivity contribution < 1.29 is 9.53 Å². The first-order valence-corrected chi connectivity index (χ1v) is 8.62. The fourth-order valence-electron chi connectivity index (χ4n) is 2.83. The van der Waals surface area contributed by atoms with E-state index >= 15 is 0 Å². The normalized spacial score (nSPS) is 14.0. The average Bonchev–Trinajstić information content (AvgIpc) is 3.41. The number of rotatable bonds is 8. The number of hydrogen-bond acceptors (Lipinski definition) is 3. The highest BCUT2D eigenvalue weighted by Gasteiger charge is 2.27. The number of carbonyl (C=O) groups excluding carboxylic acids is 1. The molecule has 126 valence electrons. The topological polar surface area (TPSA) is 29.5 Å². The van der Waals surface area contributed by atoms with E-state index in [1.807, 2.05) is 56.6 Å². The fourth-order valence-corrected chi connectivity index (χ4v) is 2.83. The number of ether oxygens (including phenoxy) is 1. The Bertz CT molecular complexity index is 687. The van der Waals surface area contributed by atoms with Gasteiger partial charge in [-0.2, -0.15) is 0 Å². The largest absolute Gasteiger partial charge is 0.492 e. The molecule has 0 aromatic heterocycles. The number of benzene rings is 2. The van der Waals surface area contributed by atoms with Crippen LogP contribution in [-0.2, 0) is 6.42 Å². The molecule has 1 saturated carbocycles. The second-order valence-corrected chi connectivity index (χ2v) is 6.76. The first kappa shape index (κ1) is 16.7. The number of carbonyl (C=O) groups is 1. The molecule has 0 bridgehead atoms. The molecule has 1 fully saturated rings. The molecule has 0 unspecified atom stereocenters. The van der Waals surface area contributed by atoms with Crippen molar-refractivity contribution in [3.63, 3.8) is 0 Å². The van der Waals surface area contributed by atoms with Gasteiger partial charge in [0.1, 0.15) is 12.4 Å². The molecule has 24 heavy (non-hydrogen) atoms. The molecule has 0 heterocycles. The maximum Gasteiger partial charge on any atom is 0.167 e. The van der Waals surface area contributed by atoms with Crippen molar-refractivity contribution in [3.8, 4) is 5.75 Å². The van der Waals surface area contributed by atoms with Crippen molar-refractivity contribution in [2.45, 2.75) is 25.2 Å². The summed E-state index contributed by atoms with van der Waals surface area (Å²) in [6.07, 6.45) is 2.87. The summed E-state index contributed by atoms with van der Waals surface area (Å²) in [5, 5.41) is 0. The third-order valence-corrected chi connectivity index (χ3v) is 4.37. The molecule has 0 spiro atoms. The van der Waals surface area contributed by atoms with Gasteiger partial charge in [0, 0.05) is 18.5 Å². The zero-order valence-electron chi connectivity index (χ0n) is 14.5. The molecule has 2 aromatic rings. The van der Waals surface area contributed by atoms with E-state index in [0.717, 1.165) is 23.4 Å². The van der Waals surface area contributed by atoms with Gasteiger partial charge in [-0.05, 0) is 56.1 Å². The van der Waals surface area contributed by atoms with Crippen LogP contribution < -0.4 is 4.74 Å². The Morgan fingerprint density at radius 3 is 2.46 bits per heavy atom. The summed E-state index contributed by atoms with van der Waals surface area (Å²) in [5.41, 5.74) is 3.16. The van der Waals surface area contributed by atoms with Crippen LogP contribution in [0.25, 0.3) is 0 Å². The van der Waals surface area contributed by atoms with Crippen LogP contribution in [0, 0.1) is 0 Å². The summed E-state index contributed by atoms with van der Waals surface area (Å²) in [6.45, 7) is 1.55. The highest BCUT2D eigenvalue weighted by atomic mass is 16.5. The summed E-state index contributed by atoms with van der Waals surface area (Å²) in [7, 11) is 4.05. The zero-order chi connectivity index (χ0) is 16.9. The molecule has 0 N–H and O–H groups in total. The fraction of sp³-hybridized carbons (Fsp3) is 0.381. The highest BCUT2D eigenvalue weighted by Crippen LogP contribution is 2.41. The lowest BCUT2D eigenvalue weighted by Gasteiger charge is -2.11. The Labute approximate surface area is 144 Å². The van der Waals surface area contributed by atoms with Crippen LogP contribution in [0.2, 0.25) is 0 Å². The van der Waals surface area contributed by atoms with Gasteiger partial charge in [0.2, 0.25) is 0 Å². The molecule has 3 heteroatoms. The predicted octanol–water partition coefficient (Wildman–Crippen LogP) is 3.93. The SMILES string of the molecule is CN(C)CCOc1ccc(CC(=O)c2ccccc2C2CC2)cc1. The Morgan fingerprint density at radius 2 is 1.79 bits per heavy atom. The molecule has 3 nitrogen and oxygen atoms in total. The van der Waals surface area contributed by atoms with Gasteiger partial charge in [-0.3, -0.25) is 4.79 Å². The van der Waals surface area contributed by atoms with Crippen LogP contribution in [0.5, 0.6) is 5.75 Å². The van der Waals surface area contributed by atoms with Gasteiger partial charge in [0.15, 0.2) is 5.78 Å². The molecule has 1 aliphatic rings. The molecule has 2 aromatic carbocycles. The highest BCUT2D eigenvalue weighted by molar-refractivity contribution is 5.99. The molecular formula is C21H25NO2. The van der Waals surface area contributed by atoms with Crippen molar-refractivity contribution >= 4 is 5.78 Å². The van der Waals surface area contributed by atoms with E-state index in [9.17, 15) is 4.79 Å². The van der Waals surface area contributed by atoms with Crippen LogP contribution in [0.15, 0.2) is 48.5 Å². The van der Waals surface area contributed by atoms with Gasteiger partial charge in [-0.25, -0.2) is 0 Å². The van der Waals surface area contributed by atoms with E-state index in [2.05, 4.69) is 11.0 Å². The van der Waals surface area contributed by atoms with E-state index in [-0.39, 0.29) is 5.78 Å². The minimum Gasteiger partial charge on any atom is -0.492 e. The van der Waals surface area contributed by atoms with E-state index in [0.29, 0.717) is 18.9 Å². The minimum absolute atomic E-state index is 0.207. The van der Waals surface area contributed by atoms with E-state index < -0.39 is 0 Å². The van der Waals surface area contributed by atoms with Crippen LogP contribution in [0.1, 0.15) is 40.2 Å². The Morgan fingerprint density at radius 1 is 1.08 bits per heavy atom. The number of hydrogen-bond donors (Lipinski definition) is 0. The second kappa shape index (κ2) is 7.63. The predicted molar refractivity (Wildman–Crippen MR) is 96.9 cm³/mol. The first-order chi connectivity index (χ1) is 11.6. The van der Waals surface area contributed by atoms with Gasteiger partial charge in [-0.1, -0.05) is 36.4 Å². The Kier molecular flexibility index (Phi) is 5.31. The van der Waals surface area contributed by atoms with Crippen LogP contribution in [-0.4, -0.2) is 37.9 Å². The van der Waals surface area contributed by atoms with Crippen molar-refractivity contribution in [1.29, 1.82) is 0 Å². The second-order valence-electron chi connectivity index (χ2n) is 6.76. The smallest absolute Gasteiger partial charge is 0.167 e. The average molecular weight is 323 g/mol. The van der Waals surface area contributed by atoms with Crippen molar-refractivity contribution in [2.24, 2.45) is 0 Å². The zero-order valence-corrected chi connectivity index (χ0v) is 14.5. The Balaban J connectivity index is 1.61. The van der Waals surface area contributed by atoms with Crippen LogP contribution >= 0.6 is 0 Å². The van der Waals surface area contributed by atoms with Gasteiger partial charge < -0.3 is 9.64 Å². The summed E-state index contributed by atoms with van der Waals surface area (Å²) < 4.78 is 5.69. The number of nitrogens with zero attached hydrogens (tertiary/aromatic N) is 1. The summed E-state index contributed by atoms with van der Waals surface area (Å²) in [4.78, 5) is 14.7. The first-order valence-electron chi connectivity index (χ1n) is 8.62. The monoisotopic (exact) mass is 323 g/mol. The van der Waals surface area contributed by atoms with E-state index in [4.69, 9.17) is 4.74 Å². The minimum atomic E-state index is 0.207. The van der Waals surface area contributed by atoms with Crippen LogP contribution in [0.4, 0.5) is 0 Å². The van der Waals surface area contributed by atoms with Gasteiger partial charge in [-0.15, -0.1) is 0 Å². The molecule has 3 rings (SSSR count). The third kappa shape index (κ3) is 4.45. The molecule has 0 aliphatic heterocycles. The number of Topliss-reactive ketones (excluding diaryl/α,β-unsaturated/α-hetero) is 1. The lowest BCUT2D eigenvalue weighted by molar-refractivity contribution is 0.0992. The molecule has 0 saturated heterocycles. The molecule has 0 radical (unpaired) electrons. The summed E-state index contributed by atoms with van der Waals surface area (Å²) in [6, 6.07) is 15.9.